The van der Waals surface area contributed by atoms with E-state index in [4.69, 9.17) is 14.6 Å². The van der Waals surface area contributed by atoms with E-state index in [1.54, 1.807) is 0 Å². The molecule has 5 nitrogen and oxygen atoms in total. The molecule has 66 valence electrons. The minimum Gasteiger partial charge on any atom is -0.490 e. The third-order valence-corrected chi connectivity index (χ3v) is 1.39. The first-order valence-corrected chi connectivity index (χ1v) is 3.36. The highest BCUT2D eigenvalue weighted by molar-refractivity contribution is 5.36. The van der Waals surface area contributed by atoms with Gasteiger partial charge in [-0.1, -0.05) is 0 Å². The largest absolute Gasteiger partial charge is 0.490 e. The lowest BCUT2D eigenvalue weighted by molar-refractivity contribution is 0.262. The molecule has 0 spiro atoms. The van der Waals surface area contributed by atoms with Crippen LogP contribution in [0.2, 0.25) is 0 Å². The van der Waals surface area contributed by atoms with Gasteiger partial charge in [0, 0.05) is 0 Å². The van der Waals surface area contributed by atoms with Gasteiger partial charge in [0.1, 0.15) is 12.0 Å². The summed E-state index contributed by atoms with van der Waals surface area (Å²) >= 11 is 0. The highest BCUT2D eigenvalue weighted by Crippen LogP contribution is 2.25. The zero-order valence-electron chi connectivity index (χ0n) is 6.94. The van der Waals surface area contributed by atoms with Crippen LogP contribution in [0.1, 0.15) is 5.69 Å². The molecule has 0 aromatic carbocycles. The van der Waals surface area contributed by atoms with E-state index in [0.29, 0.717) is 17.3 Å². The minimum absolute atomic E-state index is 0.192. The minimum atomic E-state index is -0.192. The van der Waals surface area contributed by atoms with Crippen LogP contribution in [0.15, 0.2) is 6.33 Å². The molecule has 1 rings (SSSR count). The summed E-state index contributed by atoms with van der Waals surface area (Å²) < 4.78 is 9.84. The fourth-order valence-electron chi connectivity index (χ4n) is 0.855. The Morgan fingerprint density at radius 3 is 2.58 bits per heavy atom. The predicted molar refractivity (Wildman–Crippen MR) is 41.1 cm³/mol. The van der Waals surface area contributed by atoms with E-state index in [9.17, 15) is 0 Å². The Morgan fingerprint density at radius 1 is 1.33 bits per heavy atom. The Labute approximate surface area is 70.0 Å². The molecule has 0 saturated carbocycles. The second kappa shape index (κ2) is 3.87. The summed E-state index contributed by atoms with van der Waals surface area (Å²) in [4.78, 5) is 7.62. The van der Waals surface area contributed by atoms with Crippen molar-refractivity contribution in [1.82, 2.24) is 9.97 Å². The maximum absolute atomic E-state index is 8.84. The highest BCUT2D eigenvalue weighted by Gasteiger charge is 2.10. The molecule has 12 heavy (non-hydrogen) atoms. The van der Waals surface area contributed by atoms with Crippen molar-refractivity contribution in [3.8, 4) is 11.6 Å². The number of nitrogens with zero attached hydrogens (tertiary/aromatic N) is 2. The number of rotatable bonds is 3. The Balaban J connectivity index is 3.13. The summed E-state index contributed by atoms with van der Waals surface area (Å²) in [5, 5.41) is 8.84. The number of ether oxygens (including phenoxy) is 2. The van der Waals surface area contributed by atoms with Gasteiger partial charge in [-0.2, -0.15) is 4.98 Å². The van der Waals surface area contributed by atoms with Crippen molar-refractivity contribution in [1.29, 1.82) is 0 Å². The van der Waals surface area contributed by atoms with Gasteiger partial charge in [0.15, 0.2) is 0 Å². The van der Waals surface area contributed by atoms with Crippen molar-refractivity contribution in [3.05, 3.63) is 12.0 Å². The lowest BCUT2D eigenvalue weighted by Gasteiger charge is -2.07. The van der Waals surface area contributed by atoms with Crippen molar-refractivity contribution in [3.63, 3.8) is 0 Å². The molecule has 0 saturated heterocycles. The molecule has 0 radical (unpaired) electrons. The molecule has 0 unspecified atom stereocenters. The third-order valence-electron chi connectivity index (χ3n) is 1.39. The van der Waals surface area contributed by atoms with Gasteiger partial charge in [0.05, 0.1) is 20.8 Å². The van der Waals surface area contributed by atoms with Gasteiger partial charge in [-0.15, -0.1) is 0 Å². The fraction of sp³-hybridized carbons (Fsp3) is 0.429. The van der Waals surface area contributed by atoms with Crippen molar-refractivity contribution in [2.24, 2.45) is 0 Å². The summed E-state index contributed by atoms with van der Waals surface area (Å²) in [6.45, 7) is -0.192. The number of aromatic nitrogens is 2. The summed E-state index contributed by atoms with van der Waals surface area (Å²) in [6.07, 6.45) is 1.31. The first-order valence-electron chi connectivity index (χ1n) is 3.36. The molecule has 1 N–H and O–H groups in total. The topological polar surface area (TPSA) is 64.5 Å². The van der Waals surface area contributed by atoms with E-state index in [0.717, 1.165) is 0 Å². The van der Waals surface area contributed by atoms with Gasteiger partial charge in [0.25, 0.3) is 5.88 Å². The van der Waals surface area contributed by atoms with Crippen LogP contribution >= 0.6 is 0 Å². The number of aliphatic hydroxyl groups excluding tert-OH is 1. The molecule has 1 aromatic heterocycles. The van der Waals surface area contributed by atoms with Crippen LogP contribution in [0.4, 0.5) is 0 Å². The smallest absolute Gasteiger partial charge is 0.260 e. The van der Waals surface area contributed by atoms with Gasteiger partial charge >= 0.3 is 0 Å². The van der Waals surface area contributed by atoms with Crippen LogP contribution in [-0.2, 0) is 6.61 Å². The summed E-state index contributed by atoms with van der Waals surface area (Å²) in [6, 6.07) is 0. The van der Waals surface area contributed by atoms with Crippen molar-refractivity contribution in [2.45, 2.75) is 6.61 Å². The Hall–Kier alpha value is -1.36. The van der Waals surface area contributed by atoms with Crippen molar-refractivity contribution in [2.75, 3.05) is 14.2 Å². The van der Waals surface area contributed by atoms with Gasteiger partial charge in [-0.05, 0) is 0 Å². The first-order chi connectivity index (χ1) is 5.83. The standard InChI is InChI=1S/C7H10N2O3/c1-11-6-5(3-10)8-4-9-7(6)12-2/h4,10H,3H2,1-2H3. The Kier molecular flexibility index (Phi) is 2.82. The Bertz CT molecular complexity index is 243. The zero-order valence-corrected chi connectivity index (χ0v) is 6.94. The average molecular weight is 170 g/mol. The molecule has 0 aliphatic rings. The second-order valence-corrected chi connectivity index (χ2v) is 2.02. The number of hydrogen-bond acceptors (Lipinski definition) is 5. The maximum Gasteiger partial charge on any atom is 0.260 e. The zero-order chi connectivity index (χ0) is 8.97. The number of aliphatic hydroxyl groups is 1. The van der Waals surface area contributed by atoms with E-state index < -0.39 is 0 Å². The van der Waals surface area contributed by atoms with Crippen LogP contribution in [0, 0.1) is 0 Å². The monoisotopic (exact) mass is 170 g/mol. The quantitative estimate of drug-likeness (QED) is 0.691. The SMILES string of the molecule is COc1ncnc(CO)c1OC. The normalized spacial score (nSPS) is 9.58. The van der Waals surface area contributed by atoms with Crippen LogP contribution in [0.5, 0.6) is 11.6 Å². The molecule has 0 aliphatic heterocycles. The third kappa shape index (κ3) is 1.45. The summed E-state index contributed by atoms with van der Waals surface area (Å²) in [7, 11) is 2.95. The molecular formula is C7H10N2O3. The van der Waals surface area contributed by atoms with E-state index in [-0.39, 0.29) is 6.61 Å². The molecule has 0 bridgehead atoms. The fourth-order valence-corrected chi connectivity index (χ4v) is 0.855. The van der Waals surface area contributed by atoms with Crippen LogP contribution in [0.3, 0.4) is 0 Å². The van der Waals surface area contributed by atoms with Gasteiger partial charge in [-0.3, -0.25) is 0 Å². The number of hydrogen-bond donors (Lipinski definition) is 1. The molecule has 5 heteroatoms. The van der Waals surface area contributed by atoms with Gasteiger partial charge in [0.2, 0.25) is 5.75 Å². The van der Waals surface area contributed by atoms with Crippen LogP contribution < -0.4 is 9.47 Å². The molecule has 0 aliphatic carbocycles. The lowest BCUT2D eigenvalue weighted by atomic mass is 10.4. The average Bonchev–Trinajstić information content (AvgIpc) is 2.16. The number of methoxy groups -OCH3 is 2. The first kappa shape index (κ1) is 8.73. The second-order valence-electron chi connectivity index (χ2n) is 2.02. The lowest BCUT2D eigenvalue weighted by Crippen LogP contribution is -2.00. The van der Waals surface area contributed by atoms with E-state index in [1.165, 1.54) is 20.5 Å². The van der Waals surface area contributed by atoms with Gasteiger partial charge < -0.3 is 14.6 Å². The van der Waals surface area contributed by atoms with Crippen LogP contribution in [0.25, 0.3) is 0 Å². The Morgan fingerprint density at radius 2 is 2.08 bits per heavy atom. The summed E-state index contributed by atoms with van der Waals surface area (Å²) in [5.74, 6) is 0.707. The van der Waals surface area contributed by atoms with Crippen LogP contribution in [-0.4, -0.2) is 29.3 Å². The molecule has 0 fully saturated rings. The molecule has 0 amide bonds. The van der Waals surface area contributed by atoms with Crippen molar-refractivity contribution < 1.29 is 14.6 Å². The van der Waals surface area contributed by atoms with Gasteiger partial charge in [-0.25, -0.2) is 4.98 Å². The molecule has 0 atom stereocenters. The summed E-state index contributed by atoms with van der Waals surface area (Å²) in [5.41, 5.74) is 0.421. The van der Waals surface area contributed by atoms with E-state index >= 15 is 0 Å². The van der Waals surface area contributed by atoms with E-state index in [2.05, 4.69) is 9.97 Å². The van der Waals surface area contributed by atoms with E-state index in [1.807, 2.05) is 0 Å². The predicted octanol–water partition coefficient (Wildman–Crippen LogP) is -0.0139. The molecule has 1 heterocycles. The maximum atomic E-state index is 8.84. The highest BCUT2D eigenvalue weighted by atomic mass is 16.5. The molecule has 1 aromatic rings. The molecular weight excluding hydrogens is 160 g/mol. The van der Waals surface area contributed by atoms with Crippen molar-refractivity contribution >= 4 is 0 Å².